The molecular formula is C10H19NO3. The minimum absolute atomic E-state index is 0.0402. The highest BCUT2D eigenvalue weighted by Gasteiger charge is 2.19. The van der Waals surface area contributed by atoms with Gasteiger partial charge in [0.1, 0.15) is 18.4 Å². The van der Waals surface area contributed by atoms with Gasteiger partial charge in [0.15, 0.2) is 0 Å². The van der Waals surface area contributed by atoms with E-state index in [0.29, 0.717) is 12.7 Å². The SMILES string of the molecule is CCCCCC(=O)OCC(C)(N)C=O. The average Bonchev–Trinajstić information content (AvgIpc) is 2.16. The highest BCUT2D eigenvalue weighted by molar-refractivity contribution is 5.70. The largest absolute Gasteiger partial charge is 0.463 e. The molecule has 4 nitrogen and oxygen atoms in total. The van der Waals surface area contributed by atoms with Crippen molar-refractivity contribution in [2.75, 3.05) is 6.61 Å². The topological polar surface area (TPSA) is 69.4 Å². The molecule has 0 amide bonds. The van der Waals surface area contributed by atoms with E-state index in [0.717, 1.165) is 19.3 Å². The number of rotatable bonds is 7. The van der Waals surface area contributed by atoms with Crippen molar-refractivity contribution in [2.24, 2.45) is 5.73 Å². The van der Waals surface area contributed by atoms with Crippen LogP contribution in [0.3, 0.4) is 0 Å². The van der Waals surface area contributed by atoms with Gasteiger partial charge >= 0.3 is 5.97 Å². The highest BCUT2D eigenvalue weighted by atomic mass is 16.5. The Morgan fingerprint density at radius 2 is 2.14 bits per heavy atom. The molecular weight excluding hydrogens is 182 g/mol. The summed E-state index contributed by atoms with van der Waals surface area (Å²) in [5.41, 5.74) is 4.42. The van der Waals surface area contributed by atoms with Crippen LogP contribution in [0.4, 0.5) is 0 Å². The first-order chi connectivity index (χ1) is 6.52. The standard InChI is InChI=1S/C10H19NO3/c1-3-4-5-6-9(13)14-8-10(2,11)7-12/h7H,3-6,8,11H2,1-2H3. The molecule has 1 unspecified atom stereocenters. The molecule has 0 aliphatic carbocycles. The molecule has 0 saturated heterocycles. The molecule has 4 heteroatoms. The number of unbranched alkanes of at least 4 members (excludes halogenated alkanes) is 2. The predicted octanol–water partition coefficient (Wildman–Crippen LogP) is 1.03. The first-order valence-electron chi connectivity index (χ1n) is 4.92. The van der Waals surface area contributed by atoms with Crippen LogP contribution in [-0.4, -0.2) is 24.4 Å². The molecule has 0 aromatic heterocycles. The Morgan fingerprint density at radius 1 is 1.50 bits per heavy atom. The smallest absolute Gasteiger partial charge is 0.305 e. The second-order valence-electron chi connectivity index (χ2n) is 3.74. The van der Waals surface area contributed by atoms with E-state index in [-0.39, 0.29) is 12.6 Å². The fourth-order valence-electron chi connectivity index (χ4n) is 0.862. The summed E-state index contributed by atoms with van der Waals surface area (Å²) in [6, 6.07) is 0. The first-order valence-corrected chi connectivity index (χ1v) is 4.92. The molecule has 0 radical (unpaired) electrons. The van der Waals surface area contributed by atoms with Crippen LogP contribution in [0.2, 0.25) is 0 Å². The number of aldehydes is 1. The molecule has 0 aromatic carbocycles. The Morgan fingerprint density at radius 3 is 2.64 bits per heavy atom. The van der Waals surface area contributed by atoms with Gasteiger partial charge in [0.2, 0.25) is 0 Å². The van der Waals surface area contributed by atoms with Gasteiger partial charge in [-0.3, -0.25) is 4.79 Å². The van der Waals surface area contributed by atoms with E-state index in [1.54, 1.807) is 0 Å². The summed E-state index contributed by atoms with van der Waals surface area (Å²) >= 11 is 0. The first kappa shape index (κ1) is 13.1. The molecule has 0 spiro atoms. The van der Waals surface area contributed by atoms with Crippen LogP contribution in [0, 0.1) is 0 Å². The van der Waals surface area contributed by atoms with E-state index < -0.39 is 5.54 Å². The van der Waals surface area contributed by atoms with Crippen molar-refractivity contribution in [1.29, 1.82) is 0 Å². The van der Waals surface area contributed by atoms with Crippen LogP contribution in [0.5, 0.6) is 0 Å². The monoisotopic (exact) mass is 201 g/mol. The lowest BCUT2D eigenvalue weighted by molar-refractivity contribution is -0.145. The van der Waals surface area contributed by atoms with Gasteiger partial charge in [-0.25, -0.2) is 0 Å². The average molecular weight is 201 g/mol. The maximum atomic E-state index is 11.1. The number of carbonyl (C=O) groups excluding carboxylic acids is 2. The normalized spacial score (nSPS) is 14.5. The quantitative estimate of drug-likeness (QED) is 0.379. The Hall–Kier alpha value is -0.900. The third-order valence-electron chi connectivity index (χ3n) is 1.80. The maximum absolute atomic E-state index is 11.1. The molecule has 82 valence electrons. The van der Waals surface area contributed by atoms with Crippen molar-refractivity contribution >= 4 is 12.3 Å². The zero-order valence-electron chi connectivity index (χ0n) is 8.91. The van der Waals surface area contributed by atoms with Crippen LogP contribution in [0.1, 0.15) is 39.5 Å². The fraction of sp³-hybridized carbons (Fsp3) is 0.800. The molecule has 0 fully saturated rings. The third kappa shape index (κ3) is 6.60. The van der Waals surface area contributed by atoms with E-state index in [1.165, 1.54) is 6.92 Å². The van der Waals surface area contributed by atoms with Gasteiger partial charge in [0.05, 0.1) is 0 Å². The van der Waals surface area contributed by atoms with Gasteiger partial charge in [-0.05, 0) is 13.3 Å². The van der Waals surface area contributed by atoms with Crippen molar-refractivity contribution in [3.8, 4) is 0 Å². The van der Waals surface area contributed by atoms with Crippen molar-refractivity contribution in [2.45, 2.75) is 45.1 Å². The van der Waals surface area contributed by atoms with Gasteiger partial charge in [-0.1, -0.05) is 19.8 Å². The minimum atomic E-state index is -1.06. The molecule has 0 saturated carbocycles. The molecule has 1 atom stereocenters. The van der Waals surface area contributed by atoms with Gasteiger partial charge in [0, 0.05) is 6.42 Å². The minimum Gasteiger partial charge on any atom is -0.463 e. The maximum Gasteiger partial charge on any atom is 0.305 e. The van der Waals surface area contributed by atoms with E-state index >= 15 is 0 Å². The molecule has 0 aliphatic rings. The molecule has 2 N–H and O–H groups in total. The number of carbonyl (C=O) groups is 2. The fourth-order valence-corrected chi connectivity index (χ4v) is 0.862. The highest BCUT2D eigenvalue weighted by Crippen LogP contribution is 2.02. The summed E-state index contributed by atoms with van der Waals surface area (Å²) in [7, 11) is 0. The number of ether oxygens (including phenoxy) is 1. The van der Waals surface area contributed by atoms with E-state index in [9.17, 15) is 9.59 Å². The van der Waals surface area contributed by atoms with E-state index in [2.05, 4.69) is 6.92 Å². The summed E-state index contributed by atoms with van der Waals surface area (Å²) in [5.74, 6) is -0.281. The summed E-state index contributed by atoms with van der Waals surface area (Å²) in [5, 5.41) is 0. The van der Waals surface area contributed by atoms with Crippen LogP contribution in [0.25, 0.3) is 0 Å². The van der Waals surface area contributed by atoms with Gasteiger partial charge in [0.25, 0.3) is 0 Å². The van der Waals surface area contributed by atoms with Crippen LogP contribution in [0.15, 0.2) is 0 Å². The summed E-state index contributed by atoms with van der Waals surface area (Å²) in [6.07, 6.45) is 3.91. The number of hydrogen-bond donors (Lipinski definition) is 1. The van der Waals surface area contributed by atoms with Gasteiger partial charge in [-0.2, -0.15) is 0 Å². The molecule has 14 heavy (non-hydrogen) atoms. The molecule has 0 bridgehead atoms. The van der Waals surface area contributed by atoms with Gasteiger partial charge in [-0.15, -0.1) is 0 Å². The summed E-state index contributed by atoms with van der Waals surface area (Å²) in [4.78, 5) is 21.5. The second-order valence-corrected chi connectivity index (χ2v) is 3.74. The zero-order valence-corrected chi connectivity index (χ0v) is 8.91. The Balaban J connectivity index is 3.58. The molecule has 0 aliphatic heterocycles. The molecule has 0 heterocycles. The predicted molar refractivity (Wildman–Crippen MR) is 53.8 cm³/mol. The number of nitrogens with two attached hydrogens (primary N) is 1. The molecule has 0 aromatic rings. The van der Waals surface area contributed by atoms with Crippen LogP contribution < -0.4 is 5.73 Å². The van der Waals surface area contributed by atoms with Gasteiger partial charge < -0.3 is 15.3 Å². The Labute approximate surface area is 84.8 Å². The number of hydrogen-bond acceptors (Lipinski definition) is 4. The third-order valence-corrected chi connectivity index (χ3v) is 1.80. The number of esters is 1. The van der Waals surface area contributed by atoms with Crippen molar-refractivity contribution < 1.29 is 14.3 Å². The molecule has 0 rings (SSSR count). The zero-order chi connectivity index (χ0) is 11.0. The van der Waals surface area contributed by atoms with Crippen molar-refractivity contribution in [1.82, 2.24) is 0 Å². The lowest BCUT2D eigenvalue weighted by atomic mass is 10.1. The van der Waals surface area contributed by atoms with Crippen LogP contribution >= 0.6 is 0 Å². The summed E-state index contributed by atoms with van der Waals surface area (Å²) < 4.78 is 4.85. The van der Waals surface area contributed by atoms with E-state index in [1.807, 2.05) is 0 Å². The van der Waals surface area contributed by atoms with Crippen molar-refractivity contribution in [3.05, 3.63) is 0 Å². The Bertz CT molecular complexity index is 190. The lowest BCUT2D eigenvalue weighted by Crippen LogP contribution is -2.43. The second kappa shape index (κ2) is 6.54. The Kier molecular flexibility index (Phi) is 6.12. The van der Waals surface area contributed by atoms with Crippen LogP contribution in [-0.2, 0) is 14.3 Å². The van der Waals surface area contributed by atoms with Crippen molar-refractivity contribution in [3.63, 3.8) is 0 Å². The summed E-state index contributed by atoms with van der Waals surface area (Å²) in [6.45, 7) is 3.55. The van der Waals surface area contributed by atoms with E-state index in [4.69, 9.17) is 10.5 Å². The lowest BCUT2D eigenvalue weighted by Gasteiger charge is -2.16.